The number of nitrogens with zero attached hydrogens (tertiary/aromatic N) is 2. The molecule has 0 saturated carbocycles. The van der Waals surface area contributed by atoms with Crippen LogP contribution in [0.1, 0.15) is 31.2 Å². The van der Waals surface area contributed by atoms with E-state index in [1.165, 1.54) is 4.88 Å². The van der Waals surface area contributed by atoms with E-state index in [0.29, 0.717) is 5.82 Å². The Morgan fingerprint density at radius 2 is 2.00 bits per heavy atom. The van der Waals surface area contributed by atoms with Gasteiger partial charge in [-0.15, -0.1) is 11.3 Å². The molecule has 0 fully saturated rings. The maximum atomic E-state index is 6.31. The average molecular weight is 364 g/mol. The molecule has 3 aromatic heterocycles. The fraction of sp³-hybridized carbons (Fsp3) is 0.312. The highest BCUT2D eigenvalue weighted by molar-refractivity contribution is 9.10. The molecule has 110 valence electrons. The maximum absolute atomic E-state index is 6.31. The number of halogens is 1. The van der Waals surface area contributed by atoms with Crippen molar-refractivity contribution in [1.29, 1.82) is 0 Å². The lowest BCUT2D eigenvalue weighted by molar-refractivity contribution is 0.604. The third-order valence-electron chi connectivity index (χ3n) is 3.49. The largest absolute Gasteiger partial charge is 0.383 e. The number of hydrogen-bond acceptors (Lipinski definition) is 3. The van der Waals surface area contributed by atoms with E-state index >= 15 is 0 Å². The number of hydrogen-bond donors (Lipinski definition) is 1. The molecule has 2 N–H and O–H groups in total. The molecule has 0 bridgehead atoms. The van der Waals surface area contributed by atoms with Crippen LogP contribution in [0, 0.1) is 6.92 Å². The number of anilines is 1. The molecule has 0 saturated heterocycles. The van der Waals surface area contributed by atoms with Gasteiger partial charge in [0.1, 0.15) is 17.2 Å². The summed E-state index contributed by atoms with van der Waals surface area (Å²) in [5.41, 5.74) is 9.35. The molecule has 3 nitrogen and oxygen atoms in total. The smallest absolute Gasteiger partial charge is 0.142 e. The Kier molecular flexibility index (Phi) is 3.37. The first-order valence-corrected chi connectivity index (χ1v) is 8.42. The summed E-state index contributed by atoms with van der Waals surface area (Å²) in [5, 5.41) is 0. The Morgan fingerprint density at radius 1 is 1.29 bits per heavy atom. The van der Waals surface area contributed by atoms with Crippen molar-refractivity contribution in [1.82, 2.24) is 9.38 Å². The van der Waals surface area contributed by atoms with Gasteiger partial charge in [-0.25, -0.2) is 4.98 Å². The lowest BCUT2D eigenvalue weighted by atomic mass is 9.95. The van der Waals surface area contributed by atoms with Gasteiger partial charge < -0.3 is 5.73 Å². The van der Waals surface area contributed by atoms with Gasteiger partial charge in [0, 0.05) is 15.5 Å². The summed E-state index contributed by atoms with van der Waals surface area (Å²) in [5.74, 6) is 0.691. The van der Waals surface area contributed by atoms with E-state index in [-0.39, 0.29) is 5.41 Å². The molecule has 0 spiro atoms. The van der Waals surface area contributed by atoms with E-state index in [1.807, 2.05) is 17.5 Å². The summed E-state index contributed by atoms with van der Waals surface area (Å²) >= 11 is 5.28. The number of thiophene rings is 1. The van der Waals surface area contributed by atoms with E-state index in [0.717, 1.165) is 26.3 Å². The topological polar surface area (TPSA) is 43.3 Å². The molecule has 5 heteroatoms. The second kappa shape index (κ2) is 4.85. The van der Waals surface area contributed by atoms with Crippen LogP contribution in [-0.4, -0.2) is 9.38 Å². The SMILES string of the molecule is Cc1cc(Br)cn2c(N)c(-c3ccc(C(C)(C)C)s3)nc12. The van der Waals surface area contributed by atoms with E-state index in [4.69, 9.17) is 10.7 Å². The molecule has 3 rings (SSSR count). The van der Waals surface area contributed by atoms with Crippen LogP contribution < -0.4 is 5.73 Å². The van der Waals surface area contributed by atoms with Gasteiger partial charge in [0.2, 0.25) is 0 Å². The minimum Gasteiger partial charge on any atom is -0.383 e. The molecule has 0 aliphatic rings. The molecule has 0 aliphatic carbocycles. The molecule has 21 heavy (non-hydrogen) atoms. The van der Waals surface area contributed by atoms with Crippen LogP contribution in [0.2, 0.25) is 0 Å². The number of aromatic nitrogens is 2. The summed E-state index contributed by atoms with van der Waals surface area (Å²) in [7, 11) is 0. The first kappa shape index (κ1) is 14.6. The number of nitrogens with two attached hydrogens (primary N) is 1. The predicted octanol–water partition coefficient (Wildman–Crippen LogP) is 5.01. The van der Waals surface area contributed by atoms with E-state index in [9.17, 15) is 0 Å². The number of imidazole rings is 1. The number of pyridine rings is 1. The lowest BCUT2D eigenvalue weighted by Crippen LogP contribution is -2.07. The first-order chi connectivity index (χ1) is 9.77. The Bertz CT molecular complexity index is 824. The molecular weight excluding hydrogens is 346 g/mol. The maximum Gasteiger partial charge on any atom is 0.142 e. The highest BCUT2D eigenvalue weighted by atomic mass is 79.9. The van der Waals surface area contributed by atoms with Crippen LogP contribution in [0.3, 0.4) is 0 Å². The summed E-state index contributed by atoms with van der Waals surface area (Å²) in [4.78, 5) is 7.21. The van der Waals surface area contributed by atoms with Crippen molar-refractivity contribution in [3.8, 4) is 10.6 Å². The standard InChI is InChI=1S/C16H18BrN3S/c1-9-7-10(17)8-20-14(18)13(19-15(9)20)11-5-6-12(21-11)16(2,3)4/h5-8H,18H2,1-4H3. The van der Waals surface area contributed by atoms with Gasteiger partial charge in [0.25, 0.3) is 0 Å². The number of nitrogen functional groups attached to an aromatic ring is 1. The monoisotopic (exact) mass is 363 g/mol. The fourth-order valence-corrected chi connectivity index (χ4v) is 3.95. The van der Waals surface area contributed by atoms with Crippen LogP contribution in [-0.2, 0) is 5.41 Å². The molecule has 0 amide bonds. The summed E-state index contributed by atoms with van der Waals surface area (Å²) in [6.45, 7) is 8.70. The zero-order valence-corrected chi connectivity index (χ0v) is 15.0. The van der Waals surface area contributed by atoms with Gasteiger partial charge in [-0.3, -0.25) is 4.40 Å². The van der Waals surface area contributed by atoms with Gasteiger partial charge in [-0.2, -0.15) is 0 Å². The number of fused-ring (bicyclic) bond motifs is 1. The van der Waals surface area contributed by atoms with Crippen LogP contribution >= 0.6 is 27.3 Å². The second-order valence-electron chi connectivity index (χ2n) is 6.29. The molecule has 0 atom stereocenters. The van der Waals surface area contributed by atoms with Crippen LogP contribution in [0.4, 0.5) is 5.82 Å². The number of aryl methyl sites for hydroxylation is 1. The quantitative estimate of drug-likeness (QED) is 0.659. The van der Waals surface area contributed by atoms with Crippen molar-refractivity contribution in [2.24, 2.45) is 0 Å². The zero-order valence-electron chi connectivity index (χ0n) is 12.6. The van der Waals surface area contributed by atoms with Crippen molar-refractivity contribution >= 4 is 38.7 Å². The highest BCUT2D eigenvalue weighted by Gasteiger charge is 2.20. The molecule has 3 aromatic rings. The summed E-state index contributed by atoms with van der Waals surface area (Å²) in [6, 6.07) is 6.35. The molecule has 0 radical (unpaired) electrons. The van der Waals surface area contributed by atoms with E-state index in [1.54, 1.807) is 11.3 Å². The van der Waals surface area contributed by atoms with Gasteiger partial charge in [0.05, 0.1) is 4.88 Å². The highest BCUT2D eigenvalue weighted by Crippen LogP contribution is 2.37. The van der Waals surface area contributed by atoms with Crippen LogP contribution in [0.5, 0.6) is 0 Å². The minimum atomic E-state index is 0.149. The van der Waals surface area contributed by atoms with Crippen LogP contribution in [0.15, 0.2) is 28.9 Å². The van der Waals surface area contributed by atoms with E-state index in [2.05, 4.69) is 54.9 Å². The molecule has 0 aliphatic heterocycles. The lowest BCUT2D eigenvalue weighted by Gasteiger charge is -2.15. The summed E-state index contributed by atoms with van der Waals surface area (Å²) in [6.07, 6.45) is 1.96. The molecular formula is C16H18BrN3S. The zero-order chi connectivity index (χ0) is 15.4. The van der Waals surface area contributed by atoms with Gasteiger partial charge in [0.15, 0.2) is 0 Å². The molecule has 0 aromatic carbocycles. The van der Waals surface area contributed by atoms with Gasteiger partial charge >= 0.3 is 0 Å². The molecule has 0 unspecified atom stereocenters. The molecule has 3 heterocycles. The fourth-order valence-electron chi connectivity index (χ4n) is 2.34. The second-order valence-corrected chi connectivity index (χ2v) is 8.29. The Morgan fingerprint density at radius 3 is 2.62 bits per heavy atom. The Balaban J connectivity index is 2.19. The van der Waals surface area contributed by atoms with Crippen molar-refractivity contribution in [2.45, 2.75) is 33.1 Å². The Labute approximate surface area is 136 Å². The van der Waals surface area contributed by atoms with Crippen molar-refractivity contribution < 1.29 is 0 Å². The third kappa shape index (κ3) is 2.49. The van der Waals surface area contributed by atoms with Crippen molar-refractivity contribution in [3.05, 3.63) is 39.3 Å². The third-order valence-corrected chi connectivity index (χ3v) is 5.44. The van der Waals surface area contributed by atoms with Gasteiger partial charge in [-0.1, -0.05) is 20.8 Å². The number of rotatable bonds is 1. The normalized spacial score (nSPS) is 12.2. The van der Waals surface area contributed by atoms with Crippen molar-refractivity contribution in [2.75, 3.05) is 5.73 Å². The summed E-state index contributed by atoms with van der Waals surface area (Å²) < 4.78 is 2.95. The van der Waals surface area contributed by atoms with Crippen LogP contribution in [0.25, 0.3) is 16.2 Å². The van der Waals surface area contributed by atoms with Gasteiger partial charge in [-0.05, 0) is 52.0 Å². The first-order valence-electron chi connectivity index (χ1n) is 6.82. The minimum absolute atomic E-state index is 0.149. The van der Waals surface area contributed by atoms with E-state index < -0.39 is 0 Å². The Hall–Kier alpha value is -1.33. The van der Waals surface area contributed by atoms with Crippen molar-refractivity contribution in [3.63, 3.8) is 0 Å². The predicted molar refractivity (Wildman–Crippen MR) is 94.1 cm³/mol. The average Bonchev–Trinajstić information content (AvgIpc) is 2.95.